The summed E-state index contributed by atoms with van der Waals surface area (Å²) in [6, 6.07) is 12.1. The molecule has 0 saturated heterocycles. The Morgan fingerprint density at radius 1 is 1.27 bits per heavy atom. The summed E-state index contributed by atoms with van der Waals surface area (Å²) in [4.78, 5) is 35.5. The van der Waals surface area contributed by atoms with Crippen molar-refractivity contribution in [1.82, 2.24) is 10.0 Å². The lowest BCUT2D eigenvalue weighted by Crippen LogP contribution is -2.49. The second kappa shape index (κ2) is 8.58. The number of hydroxylamine groups is 2. The van der Waals surface area contributed by atoms with Crippen LogP contribution in [0.15, 0.2) is 48.7 Å². The fraction of sp³-hybridized carbons (Fsp3) is 0.350. The Hall–Kier alpha value is -2.73. The van der Waals surface area contributed by atoms with Crippen LogP contribution in [0, 0.1) is 0 Å². The Morgan fingerprint density at radius 3 is 2.85 bits per heavy atom. The number of ketones is 1. The van der Waals surface area contributed by atoms with E-state index < -0.39 is 6.04 Å². The fourth-order valence-corrected chi connectivity index (χ4v) is 2.83. The molecule has 2 heterocycles. The Labute approximate surface area is 153 Å². The van der Waals surface area contributed by atoms with Gasteiger partial charge in [-0.2, -0.15) is 0 Å². The number of aromatic nitrogens is 1. The Balaban J connectivity index is 1.76. The van der Waals surface area contributed by atoms with Gasteiger partial charge in [0.05, 0.1) is 18.8 Å². The third kappa shape index (κ3) is 4.26. The zero-order valence-corrected chi connectivity index (χ0v) is 14.9. The monoisotopic (exact) mass is 353 g/mol. The van der Waals surface area contributed by atoms with Gasteiger partial charge in [-0.05, 0) is 30.2 Å². The van der Waals surface area contributed by atoms with Crippen molar-refractivity contribution >= 4 is 17.4 Å². The van der Waals surface area contributed by atoms with Gasteiger partial charge in [-0.25, -0.2) is 5.06 Å². The molecular weight excluding hydrogens is 330 g/mol. The first-order valence-corrected chi connectivity index (χ1v) is 8.90. The molecule has 0 fully saturated rings. The molecule has 1 aliphatic heterocycles. The summed E-state index contributed by atoms with van der Waals surface area (Å²) in [6.07, 6.45) is 3.71. The highest BCUT2D eigenvalue weighted by atomic mass is 16.7. The molecule has 1 unspecified atom stereocenters. The van der Waals surface area contributed by atoms with Crippen molar-refractivity contribution < 1.29 is 14.4 Å². The second-order valence-corrected chi connectivity index (χ2v) is 6.26. The smallest absolute Gasteiger partial charge is 0.276 e. The van der Waals surface area contributed by atoms with Gasteiger partial charge >= 0.3 is 0 Å². The van der Waals surface area contributed by atoms with Gasteiger partial charge in [-0.1, -0.05) is 37.6 Å². The SMILES string of the molecule is CCCCON(Cc1ccccn1)C(=O)C1Nc2ccccc2CC1=O. The van der Waals surface area contributed by atoms with E-state index in [9.17, 15) is 9.59 Å². The van der Waals surface area contributed by atoms with Gasteiger partial charge in [0.1, 0.15) is 0 Å². The maximum Gasteiger partial charge on any atom is 0.276 e. The zero-order valence-electron chi connectivity index (χ0n) is 14.9. The van der Waals surface area contributed by atoms with Crippen LogP contribution in [0.2, 0.25) is 0 Å². The largest absolute Gasteiger partial charge is 0.367 e. The molecular formula is C20H23N3O3. The third-order valence-electron chi connectivity index (χ3n) is 4.27. The van der Waals surface area contributed by atoms with Crippen molar-refractivity contribution in [2.24, 2.45) is 0 Å². The molecule has 6 nitrogen and oxygen atoms in total. The summed E-state index contributed by atoms with van der Waals surface area (Å²) in [7, 11) is 0. The Bertz CT molecular complexity index is 764. The number of amides is 1. The molecule has 1 aromatic carbocycles. The normalized spacial score (nSPS) is 15.9. The molecule has 26 heavy (non-hydrogen) atoms. The number of Topliss-reactive ketones (excluding diaryl/α,β-unsaturated/α-hetero) is 1. The lowest BCUT2D eigenvalue weighted by Gasteiger charge is -2.30. The minimum Gasteiger partial charge on any atom is -0.367 e. The van der Waals surface area contributed by atoms with E-state index in [0.29, 0.717) is 12.3 Å². The Morgan fingerprint density at radius 2 is 2.08 bits per heavy atom. The van der Waals surface area contributed by atoms with Crippen LogP contribution in [-0.4, -0.2) is 34.4 Å². The van der Waals surface area contributed by atoms with E-state index in [1.165, 1.54) is 5.06 Å². The number of pyridine rings is 1. The first-order valence-electron chi connectivity index (χ1n) is 8.90. The van der Waals surface area contributed by atoms with Crippen molar-refractivity contribution in [2.45, 2.75) is 38.8 Å². The summed E-state index contributed by atoms with van der Waals surface area (Å²) < 4.78 is 0. The number of carbonyl (C=O) groups excluding carboxylic acids is 2. The number of nitrogens with one attached hydrogen (secondary N) is 1. The predicted molar refractivity (Wildman–Crippen MR) is 98.2 cm³/mol. The van der Waals surface area contributed by atoms with Gasteiger partial charge in [0.25, 0.3) is 5.91 Å². The van der Waals surface area contributed by atoms with Crippen LogP contribution in [-0.2, 0) is 27.4 Å². The van der Waals surface area contributed by atoms with Crippen LogP contribution in [0.4, 0.5) is 5.69 Å². The number of hydrogen-bond donors (Lipinski definition) is 1. The zero-order chi connectivity index (χ0) is 18.4. The summed E-state index contributed by atoms with van der Waals surface area (Å²) in [6.45, 7) is 2.68. The topological polar surface area (TPSA) is 71.5 Å². The maximum atomic E-state index is 13.0. The second-order valence-electron chi connectivity index (χ2n) is 6.26. The molecule has 0 spiro atoms. The van der Waals surface area contributed by atoms with Crippen LogP contribution in [0.5, 0.6) is 0 Å². The number of nitrogens with zero attached hydrogens (tertiary/aromatic N) is 2. The third-order valence-corrected chi connectivity index (χ3v) is 4.27. The number of fused-ring (bicyclic) bond motifs is 1. The molecule has 0 bridgehead atoms. The number of benzene rings is 1. The lowest BCUT2D eigenvalue weighted by molar-refractivity contribution is -0.192. The number of anilines is 1. The summed E-state index contributed by atoms with van der Waals surface area (Å²) in [5.41, 5.74) is 2.43. The number of unbranched alkanes of at least 4 members (excludes halogenated alkanes) is 1. The molecule has 0 radical (unpaired) electrons. The quantitative estimate of drug-likeness (QED) is 0.471. The molecule has 1 amide bonds. The predicted octanol–water partition coefficient (Wildman–Crippen LogP) is 2.75. The van der Waals surface area contributed by atoms with Crippen molar-refractivity contribution in [3.8, 4) is 0 Å². The van der Waals surface area contributed by atoms with E-state index in [-0.39, 0.29) is 24.7 Å². The highest BCUT2D eigenvalue weighted by Gasteiger charge is 2.35. The number of hydrogen-bond acceptors (Lipinski definition) is 5. The number of carbonyl (C=O) groups is 2. The molecule has 136 valence electrons. The summed E-state index contributed by atoms with van der Waals surface area (Å²) in [5.74, 6) is -0.537. The Kier molecular flexibility index (Phi) is 5.96. The van der Waals surface area contributed by atoms with Crippen LogP contribution < -0.4 is 5.32 Å². The number of para-hydroxylation sites is 1. The molecule has 1 aromatic heterocycles. The van der Waals surface area contributed by atoms with Gasteiger partial charge in [0.2, 0.25) is 0 Å². The molecule has 3 rings (SSSR count). The summed E-state index contributed by atoms with van der Waals surface area (Å²) >= 11 is 0. The molecule has 6 heteroatoms. The van der Waals surface area contributed by atoms with Gasteiger partial charge < -0.3 is 5.32 Å². The average molecular weight is 353 g/mol. The van der Waals surface area contributed by atoms with E-state index in [1.807, 2.05) is 42.5 Å². The highest BCUT2D eigenvalue weighted by molar-refractivity contribution is 6.10. The molecule has 2 aromatic rings. The standard InChI is InChI=1S/C20H23N3O3/c1-2-3-12-26-23(14-16-9-6-7-11-21-16)20(25)19-18(24)13-15-8-4-5-10-17(15)22-19/h4-11,19,22H,2-3,12-14H2,1H3. The van der Waals surface area contributed by atoms with E-state index in [0.717, 1.165) is 24.1 Å². The van der Waals surface area contributed by atoms with Gasteiger partial charge in [-0.15, -0.1) is 0 Å². The molecule has 0 aliphatic carbocycles. The van der Waals surface area contributed by atoms with Crippen LogP contribution >= 0.6 is 0 Å². The van der Waals surface area contributed by atoms with Crippen LogP contribution in [0.3, 0.4) is 0 Å². The molecule has 1 aliphatic rings. The van der Waals surface area contributed by atoms with Gasteiger partial charge in [0, 0.05) is 18.3 Å². The van der Waals surface area contributed by atoms with Gasteiger partial charge in [-0.3, -0.25) is 19.4 Å². The van der Waals surface area contributed by atoms with Crippen molar-refractivity contribution in [3.05, 3.63) is 59.9 Å². The molecule has 0 saturated carbocycles. The van der Waals surface area contributed by atoms with Gasteiger partial charge in [0.15, 0.2) is 11.8 Å². The van der Waals surface area contributed by atoms with Crippen LogP contribution in [0.1, 0.15) is 31.0 Å². The van der Waals surface area contributed by atoms with Crippen LogP contribution in [0.25, 0.3) is 0 Å². The molecule has 1 N–H and O–H groups in total. The summed E-state index contributed by atoms with van der Waals surface area (Å²) in [5, 5.41) is 4.33. The highest BCUT2D eigenvalue weighted by Crippen LogP contribution is 2.23. The van der Waals surface area contributed by atoms with Crippen molar-refractivity contribution in [1.29, 1.82) is 0 Å². The first kappa shape index (κ1) is 18.1. The van der Waals surface area contributed by atoms with E-state index in [1.54, 1.807) is 6.20 Å². The van der Waals surface area contributed by atoms with E-state index >= 15 is 0 Å². The fourth-order valence-electron chi connectivity index (χ4n) is 2.83. The number of rotatable bonds is 7. The first-order chi connectivity index (χ1) is 12.7. The minimum absolute atomic E-state index is 0.154. The van der Waals surface area contributed by atoms with E-state index in [4.69, 9.17) is 4.84 Å². The maximum absolute atomic E-state index is 13.0. The van der Waals surface area contributed by atoms with E-state index in [2.05, 4.69) is 17.2 Å². The lowest BCUT2D eigenvalue weighted by atomic mass is 9.96. The minimum atomic E-state index is -0.935. The van der Waals surface area contributed by atoms with Crippen molar-refractivity contribution in [2.75, 3.05) is 11.9 Å². The van der Waals surface area contributed by atoms with Crippen molar-refractivity contribution in [3.63, 3.8) is 0 Å². The molecule has 1 atom stereocenters. The average Bonchev–Trinajstić information content (AvgIpc) is 2.67.